The summed E-state index contributed by atoms with van der Waals surface area (Å²) in [6.45, 7) is 0.817. The number of hydrogen-bond acceptors (Lipinski definition) is 2. The van der Waals surface area contributed by atoms with E-state index in [9.17, 15) is 0 Å². The lowest BCUT2D eigenvalue weighted by Crippen LogP contribution is -1.91. The second kappa shape index (κ2) is 4.13. The van der Waals surface area contributed by atoms with Crippen LogP contribution in [0, 0.1) is 0 Å². The van der Waals surface area contributed by atoms with Crippen LogP contribution in [0.3, 0.4) is 0 Å². The number of hydrogen-bond donors (Lipinski definition) is 1. The Bertz CT molecular complexity index is 548. The molecule has 0 saturated carbocycles. The van der Waals surface area contributed by atoms with Gasteiger partial charge in [-0.3, -0.25) is 0 Å². The standard InChI is InChI=1S/C15H15NO/c16-14-3-1-2-11(10-14)8-12-4-5-15-13(9-12)6-7-17-15/h1-5,9-10H,6-8,16H2. The van der Waals surface area contributed by atoms with Crippen LogP contribution in [0.1, 0.15) is 16.7 Å². The smallest absolute Gasteiger partial charge is 0.122 e. The molecule has 0 radical (unpaired) electrons. The molecule has 0 spiro atoms. The Morgan fingerprint density at radius 1 is 1.06 bits per heavy atom. The third-order valence-electron chi connectivity index (χ3n) is 3.11. The number of nitrogens with two attached hydrogens (primary N) is 1. The summed E-state index contributed by atoms with van der Waals surface area (Å²) in [5, 5.41) is 0. The van der Waals surface area contributed by atoms with Gasteiger partial charge in [0.25, 0.3) is 0 Å². The summed E-state index contributed by atoms with van der Waals surface area (Å²) in [4.78, 5) is 0. The van der Waals surface area contributed by atoms with Crippen LogP contribution < -0.4 is 10.5 Å². The van der Waals surface area contributed by atoms with Crippen molar-refractivity contribution in [3.05, 3.63) is 59.2 Å². The van der Waals surface area contributed by atoms with Crippen molar-refractivity contribution in [2.45, 2.75) is 12.8 Å². The molecule has 0 fully saturated rings. The second-order valence-corrected chi connectivity index (χ2v) is 4.46. The van der Waals surface area contributed by atoms with Crippen LogP contribution in [0.15, 0.2) is 42.5 Å². The molecule has 2 nitrogen and oxygen atoms in total. The van der Waals surface area contributed by atoms with Gasteiger partial charge in [-0.25, -0.2) is 0 Å². The molecule has 1 aliphatic heterocycles. The molecule has 0 amide bonds. The Labute approximate surface area is 101 Å². The highest BCUT2D eigenvalue weighted by Crippen LogP contribution is 2.26. The van der Waals surface area contributed by atoms with Gasteiger partial charge in [0.1, 0.15) is 5.75 Å². The Balaban J connectivity index is 1.86. The van der Waals surface area contributed by atoms with Crippen molar-refractivity contribution in [3.8, 4) is 5.75 Å². The van der Waals surface area contributed by atoms with Crippen molar-refractivity contribution in [1.29, 1.82) is 0 Å². The molecular formula is C15H15NO. The highest BCUT2D eigenvalue weighted by molar-refractivity contribution is 5.44. The Morgan fingerprint density at radius 3 is 2.82 bits per heavy atom. The Hall–Kier alpha value is -1.96. The summed E-state index contributed by atoms with van der Waals surface area (Å²) < 4.78 is 5.50. The minimum atomic E-state index is 0.817. The van der Waals surface area contributed by atoms with Gasteiger partial charge in [0.15, 0.2) is 0 Å². The van der Waals surface area contributed by atoms with Gasteiger partial charge in [0.05, 0.1) is 6.61 Å². The first-order valence-electron chi connectivity index (χ1n) is 5.90. The van der Waals surface area contributed by atoms with Gasteiger partial charge in [0, 0.05) is 12.1 Å². The molecule has 86 valence electrons. The molecule has 0 aliphatic carbocycles. The number of ether oxygens (including phenoxy) is 1. The molecule has 0 saturated heterocycles. The molecular weight excluding hydrogens is 210 g/mol. The average molecular weight is 225 g/mol. The summed E-state index contributed by atoms with van der Waals surface area (Å²) in [5.74, 6) is 1.04. The van der Waals surface area contributed by atoms with E-state index in [1.165, 1.54) is 16.7 Å². The summed E-state index contributed by atoms with van der Waals surface area (Å²) in [7, 11) is 0. The molecule has 0 unspecified atom stereocenters. The Kier molecular flexibility index (Phi) is 2.48. The zero-order valence-corrected chi connectivity index (χ0v) is 9.65. The zero-order chi connectivity index (χ0) is 11.7. The van der Waals surface area contributed by atoms with E-state index in [1.807, 2.05) is 18.2 Å². The number of benzene rings is 2. The minimum absolute atomic E-state index is 0.817. The van der Waals surface area contributed by atoms with E-state index in [0.29, 0.717) is 0 Å². The molecule has 1 heterocycles. The van der Waals surface area contributed by atoms with Crippen molar-refractivity contribution in [3.63, 3.8) is 0 Å². The predicted molar refractivity (Wildman–Crippen MR) is 69.3 cm³/mol. The van der Waals surface area contributed by atoms with Gasteiger partial charge < -0.3 is 10.5 Å². The highest BCUT2D eigenvalue weighted by Gasteiger charge is 2.11. The fourth-order valence-electron chi connectivity index (χ4n) is 2.29. The van der Waals surface area contributed by atoms with Gasteiger partial charge in [0.2, 0.25) is 0 Å². The number of nitrogen functional groups attached to an aromatic ring is 1. The van der Waals surface area contributed by atoms with E-state index in [2.05, 4.69) is 24.3 Å². The summed E-state index contributed by atoms with van der Waals surface area (Å²) in [6.07, 6.45) is 1.96. The monoisotopic (exact) mass is 225 g/mol. The zero-order valence-electron chi connectivity index (χ0n) is 9.65. The lowest BCUT2D eigenvalue weighted by atomic mass is 10.0. The minimum Gasteiger partial charge on any atom is -0.493 e. The van der Waals surface area contributed by atoms with Crippen LogP contribution in [0.2, 0.25) is 0 Å². The number of fused-ring (bicyclic) bond motifs is 1. The molecule has 2 heteroatoms. The summed E-state index contributed by atoms with van der Waals surface area (Å²) in [6, 6.07) is 14.5. The first kappa shape index (κ1) is 10.2. The van der Waals surface area contributed by atoms with Crippen LogP contribution in [0.4, 0.5) is 5.69 Å². The van der Waals surface area contributed by atoms with Crippen LogP contribution in [0.5, 0.6) is 5.75 Å². The molecule has 2 N–H and O–H groups in total. The molecule has 3 rings (SSSR count). The van der Waals surface area contributed by atoms with Gasteiger partial charge in [-0.2, -0.15) is 0 Å². The second-order valence-electron chi connectivity index (χ2n) is 4.46. The third-order valence-corrected chi connectivity index (χ3v) is 3.11. The van der Waals surface area contributed by atoms with Gasteiger partial charge in [-0.15, -0.1) is 0 Å². The highest BCUT2D eigenvalue weighted by atomic mass is 16.5. The van der Waals surface area contributed by atoms with Gasteiger partial charge >= 0.3 is 0 Å². The van der Waals surface area contributed by atoms with Crippen LogP contribution >= 0.6 is 0 Å². The molecule has 2 aromatic carbocycles. The lowest BCUT2D eigenvalue weighted by molar-refractivity contribution is 0.357. The molecule has 0 bridgehead atoms. The number of rotatable bonds is 2. The normalized spacial score (nSPS) is 13.2. The van der Waals surface area contributed by atoms with Gasteiger partial charge in [-0.05, 0) is 41.3 Å². The van der Waals surface area contributed by atoms with E-state index in [4.69, 9.17) is 10.5 Å². The quantitative estimate of drug-likeness (QED) is 0.798. The van der Waals surface area contributed by atoms with Crippen molar-refractivity contribution in [2.24, 2.45) is 0 Å². The van der Waals surface area contributed by atoms with E-state index in [0.717, 1.165) is 30.9 Å². The first-order chi connectivity index (χ1) is 8.31. The van der Waals surface area contributed by atoms with E-state index in [-0.39, 0.29) is 0 Å². The molecule has 2 aromatic rings. The van der Waals surface area contributed by atoms with Crippen LogP contribution in [-0.2, 0) is 12.8 Å². The number of anilines is 1. The molecule has 1 aliphatic rings. The predicted octanol–water partition coefficient (Wildman–Crippen LogP) is 2.79. The SMILES string of the molecule is Nc1cccc(Cc2ccc3c(c2)CCO3)c1. The largest absolute Gasteiger partial charge is 0.493 e. The van der Waals surface area contributed by atoms with E-state index in [1.54, 1.807) is 0 Å². The maximum absolute atomic E-state index is 5.78. The fourth-order valence-corrected chi connectivity index (χ4v) is 2.29. The lowest BCUT2D eigenvalue weighted by Gasteiger charge is -2.05. The van der Waals surface area contributed by atoms with E-state index < -0.39 is 0 Å². The average Bonchev–Trinajstić information content (AvgIpc) is 2.76. The molecule has 0 atom stereocenters. The third kappa shape index (κ3) is 2.11. The van der Waals surface area contributed by atoms with Gasteiger partial charge in [-0.1, -0.05) is 24.3 Å². The summed E-state index contributed by atoms with van der Waals surface area (Å²) in [5.41, 5.74) is 10.5. The Morgan fingerprint density at radius 2 is 1.94 bits per heavy atom. The first-order valence-corrected chi connectivity index (χ1v) is 5.90. The van der Waals surface area contributed by atoms with E-state index >= 15 is 0 Å². The van der Waals surface area contributed by atoms with Crippen molar-refractivity contribution in [1.82, 2.24) is 0 Å². The summed E-state index contributed by atoms with van der Waals surface area (Å²) >= 11 is 0. The molecule has 0 aromatic heterocycles. The molecule has 17 heavy (non-hydrogen) atoms. The maximum Gasteiger partial charge on any atom is 0.122 e. The fraction of sp³-hybridized carbons (Fsp3) is 0.200. The van der Waals surface area contributed by atoms with Crippen LogP contribution in [-0.4, -0.2) is 6.61 Å². The van der Waals surface area contributed by atoms with Crippen molar-refractivity contribution in [2.75, 3.05) is 12.3 Å². The van der Waals surface area contributed by atoms with Crippen molar-refractivity contribution >= 4 is 5.69 Å². The van der Waals surface area contributed by atoms with Crippen LogP contribution in [0.25, 0.3) is 0 Å². The topological polar surface area (TPSA) is 35.2 Å². The van der Waals surface area contributed by atoms with Crippen molar-refractivity contribution < 1.29 is 4.74 Å². The maximum atomic E-state index is 5.78.